The number of hydrogen-bond acceptors (Lipinski definition) is 4. The highest BCUT2D eigenvalue weighted by Gasteiger charge is 2.27. The van der Waals surface area contributed by atoms with E-state index in [-0.39, 0.29) is 17.6 Å². The fourth-order valence-electron chi connectivity index (χ4n) is 3.62. The third-order valence-corrected chi connectivity index (χ3v) is 5.47. The van der Waals surface area contributed by atoms with Crippen LogP contribution in [-0.4, -0.2) is 43.4 Å². The summed E-state index contributed by atoms with van der Waals surface area (Å²) in [7, 11) is 1.54. The molecule has 158 valence electrons. The van der Waals surface area contributed by atoms with Gasteiger partial charge in [-0.05, 0) is 43.5 Å². The maximum absolute atomic E-state index is 12.6. The Morgan fingerprint density at radius 3 is 2.50 bits per heavy atom. The molecule has 0 unspecified atom stereocenters. The van der Waals surface area contributed by atoms with Gasteiger partial charge in [-0.3, -0.25) is 9.59 Å². The van der Waals surface area contributed by atoms with Crippen LogP contribution in [0.25, 0.3) is 6.08 Å². The third kappa shape index (κ3) is 5.22. The second-order valence-corrected chi connectivity index (χ2v) is 7.54. The van der Waals surface area contributed by atoms with E-state index in [0.717, 1.165) is 11.1 Å². The Balaban J connectivity index is 1.61. The summed E-state index contributed by atoms with van der Waals surface area (Å²) in [6.07, 6.45) is 4.61. The summed E-state index contributed by atoms with van der Waals surface area (Å²) in [6.45, 7) is 3.50. The Hall–Kier alpha value is -2.79. The molecule has 2 aromatic carbocycles. The first kappa shape index (κ1) is 21.9. The number of rotatable bonds is 7. The summed E-state index contributed by atoms with van der Waals surface area (Å²) in [4.78, 5) is 27.0. The van der Waals surface area contributed by atoms with Gasteiger partial charge < -0.3 is 14.4 Å². The normalized spacial score (nSPS) is 14.7. The van der Waals surface area contributed by atoms with E-state index in [1.807, 2.05) is 37.3 Å². The molecule has 0 N–H and O–H groups in total. The lowest BCUT2D eigenvalue weighted by atomic mass is 9.89. The van der Waals surface area contributed by atoms with Crippen molar-refractivity contribution in [2.24, 2.45) is 5.92 Å². The number of halogens is 1. The molecular weight excluding hydrogens is 402 g/mol. The van der Waals surface area contributed by atoms with E-state index < -0.39 is 0 Å². The predicted octanol–water partition coefficient (Wildman–Crippen LogP) is 4.88. The Labute approximate surface area is 182 Å². The minimum absolute atomic E-state index is 0.0328. The number of carbonyl (C=O) groups is 2. The average molecular weight is 428 g/mol. The molecule has 0 radical (unpaired) electrons. The molecule has 1 fully saturated rings. The third-order valence-electron chi connectivity index (χ3n) is 5.19. The first-order valence-electron chi connectivity index (χ1n) is 10.1. The van der Waals surface area contributed by atoms with E-state index in [1.165, 1.54) is 13.2 Å². The Bertz CT molecular complexity index is 918. The lowest BCUT2D eigenvalue weighted by Crippen LogP contribution is -2.39. The summed E-state index contributed by atoms with van der Waals surface area (Å²) < 4.78 is 10.9. The number of carbonyl (C=O) groups excluding carboxylic acids is 2. The number of benzene rings is 2. The number of ether oxygens (including phenoxy) is 2. The number of likely N-dealkylation sites (tertiary alicyclic amines) is 1. The molecule has 1 amide bonds. The number of nitrogens with zero attached hydrogens (tertiary/aromatic N) is 1. The number of hydrogen-bond donors (Lipinski definition) is 0. The molecule has 0 aromatic heterocycles. The van der Waals surface area contributed by atoms with E-state index >= 15 is 0 Å². The predicted molar refractivity (Wildman–Crippen MR) is 118 cm³/mol. The highest BCUT2D eigenvalue weighted by Crippen LogP contribution is 2.36. The van der Waals surface area contributed by atoms with Crippen molar-refractivity contribution in [2.75, 3.05) is 26.8 Å². The summed E-state index contributed by atoms with van der Waals surface area (Å²) in [5.41, 5.74) is 1.50. The van der Waals surface area contributed by atoms with Crippen LogP contribution >= 0.6 is 11.6 Å². The van der Waals surface area contributed by atoms with Crippen LogP contribution in [0.4, 0.5) is 0 Å². The smallest absolute Gasteiger partial charge is 0.246 e. The van der Waals surface area contributed by atoms with Crippen molar-refractivity contribution in [3.05, 3.63) is 64.7 Å². The van der Waals surface area contributed by atoms with Gasteiger partial charge in [0.05, 0.1) is 18.7 Å². The topological polar surface area (TPSA) is 55.8 Å². The fraction of sp³-hybridized carbons (Fsp3) is 0.333. The van der Waals surface area contributed by atoms with Crippen LogP contribution in [0.15, 0.2) is 48.5 Å². The van der Waals surface area contributed by atoms with Gasteiger partial charge >= 0.3 is 0 Å². The standard InChI is InChI=1S/C24H26ClNO4/c1-3-30-21-16-17(15-20(25)24(21)29-2)9-10-22(27)26-13-11-19(12-14-26)23(28)18-7-5-4-6-8-18/h4-10,15-16,19H,3,11-14H2,1-2H3. The summed E-state index contributed by atoms with van der Waals surface area (Å²) >= 11 is 6.26. The van der Waals surface area contributed by atoms with Crippen LogP contribution in [0.5, 0.6) is 11.5 Å². The molecule has 1 aliphatic rings. The van der Waals surface area contributed by atoms with Crippen molar-refractivity contribution >= 4 is 29.4 Å². The Morgan fingerprint density at radius 1 is 1.17 bits per heavy atom. The van der Waals surface area contributed by atoms with Gasteiger partial charge in [-0.15, -0.1) is 0 Å². The van der Waals surface area contributed by atoms with Gasteiger partial charge in [0, 0.05) is 30.6 Å². The highest BCUT2D eigenvalue weighted by atomic mass is 35.5. The van der Waals surface area contributed by atoms with Crippen LogP contribution < -0.4 is 9.47 Å². The van der Waals surface area contributed by atoms with Crippen LogP contribution in [0.3, 0.4) is 0 Å². The zero-order valence-corrected chi connectivity index (χ0v) is 18.0. The maximum atomic E-state index is 12.6. The van der Waals surface area contributed by atoms with Crippen molar-refractivity contribution in [3.8, 4) is 11.5 Å². The van der Waals surface area contributed by atoms with Crippen LogP contribution in [0.2, 0.25) is 5.02 Å². The fourth-order valence-corrected chi connectivity index (χ4v) is 3.91. The lowest BCUT2D eigenvalue weighted by molar-refractivity contribution is -0.127. The molecular formula is C24H26ClNO4. The summed E-state index contributed by atoms with van der Waals surface area (Å²) in [5, 5.41) is 0.427. The van der Waals surface area contributed by atoms with Crippen LogP contribution in [0, 0.1) is 5.92 Å². The molecule has 1 heterocycles. The van der Waals surface area contributed by atoms with E-state index in [0.29, 0.717) is 49.1 Å². The molecule has 0 aliphatic carbocycles. The maximum Gasteiger partial charge on any atom is 0.246 e. The SMILES string of the molecule is CCOc1cc(C=CC(=O)N2CCC(C(=O)c3ccccc3)CC2)cc(Cl)c1OC. The number of Topliss-reactive ketones (excluding diaryl/α,β-unsaturated/α-hetero) is 1. The average Bonchev–Trinajstić information content (AvgIpc) is 2.78. The van der Waals surface area contributed by atoms with E-state index in [1.54, 1.807) is 23.1 Å². The first-order chi connectivity index (χ1) is 14.5. The van der Waals surface area contributed by atoms with Crippen molar-refractivity contribution in [2.45, 2.75) is 19.8 Å². The molecule has 6 heteroatoms. The molecule has 2 aromatic rings. The lowest BCUT2D eigenvalue weighted by Gasteiger charge is -2.30. The molecule has 1 aliphatic heterocycles. The monoisotopic (exact) mass is 427 g/mol. The Morgan fingerprint density at radius 2 is 1.87 bits per heavy atom. The quantitative estimate of drug-likeness (QED) is 0.466. The Kier molecular flexibility index (Phi) is 7.52. The van der Waals surface area contributed by atoms with Gasteiger partial charge in [0.2, 0.25) is 5.91 Å². The molecule has 0 atom stereocenters. The molecule has 0 spiro atoms. The van der Waals surface area contributed by atoms with Crippen molar-refractivity contribution < 1.29 is 19.1 Å². The highest BCUT2D eigenvalue weighted by molar-refractivity contribution is 6.32. The zero-order chi connectivity index (χ0) is 21.5. The van der Waals surface area contributed by atoms with Crippen molar-refractivity contribution in [1.82, 2.24) is 4.90 Å². The van der Waals surface area contributed by atoms with Crippen molar-refractivity contribution in [3.63, 3.8) is 0 Å². The molecule has 0 saturated carbocycles. The summed E-state index contributed by atoms with van der Waals surface area (Å²) in [6, 6.07) is 12.9. The van der Waals surface area contributed by atoms with E-state index in [2.05, 4.69) is 0 Å². The minimum Gasteiger partial charge on any atom is -0.491 e. The van der Waals surface area contributed by atoms with Gasteiger partial charge in [0.15, 0.2) is 17.3 Å². The summed E-state index contributed by atoms with van der Waals surface area (Å²) in [5.74, 6) is 1.07. The second-order valence-electron chi connectivity index (χ2n) is 7.13. The zero-order valence-electron chi connectivity index (χ0n) is 17.3. The minimum atomic E-state index is -0.0782. The number of piperidine rings is 1. The molecule has 5 nitrogen and oxygen atoms in total. The van der Waals surface area contributed by atoms with Gasteiger partial charge in [0.1, 0.15) is 0 Å². The first-order valence-corrected chi connectivity index (χ1v) is 10.5. The molecule has 1 saturated heterocycles. The van der Waals surface area contributed by atoms with Gasteiger partial charge in [-0.2, -0.15) is 0 Å². The van der Waals surface area contributed by atoms with Gasteiger partial charge in [0.25, 0.3) is 0 Å². The van der Waals surface area contributed by atoms with E-state index in [4.69, 9.17) is 21.1 Å². The molecule has 3 rings (SSSR count). The van der Waals surface area contributed by atoms with Gasteiger partial charge in [-0.25, -0.2) is 0 Å². The van der Waals surface area contributed by atoms with E-state index in [9.17, 15) is 9.59 Å². The number of amides is 1. The molecule has 30 heavy (non-hydrogen) atoms. The number of methoxy groups -OCH3 is 1. The number of ketones is 1. The van der Waals surface area contributed by atoms with Crippen LogP contribution in [-0.2, 0) is 4.79 Å². The second kappa shape index (κ2) is 10.3. The van der Waals surface area contributed by atoms with Crippen LogP contribution in [0.1, 0.15) is 35.7 Å². The van der Waals surface area contributed by atoms with Gasteiger partial charge in [-0.1, -0.05) is 41.9 Å². The largest absolute Gasteiger partial charge is 0.491 e. The van der Waals surface area contributed by atoms with Crippen molar-refractivity contribution in [1.29, 1.82) is 0 Å². The molecule has 0 bridgehead atoms.